The van der Waals surface area contributed by atoms with Gasteiger partial charge in [0.1, 0.15) is 6.04 Å². The maximum absolute atomic E-state index is 10.4. The molecule has 0 fully saturated rings. The molecule has 0 aromatic heterocycles. The Morgan fingerprint density at radius 1 is 1.73 bits per heavy atom. The molecule has 0 heterocycles. The van der Waals surface area contributed by atoms with Gasteiger partial charge >= 0.3 is 5.97 Å². The summed E-state index contributed by atoms with van der Waals surface area (Å²) in [4.78, 5) is 20.8. The van der Waals surface area contributed by atoms with Crippen LogP contribution < -0.4 is 5.32 Å². The molecule has 0 bridgehead atoms. The van der Waals surface area contributed by atoms with E-state index in [-0.39, 0.29) is 12.3 Å². The Balaban J connectivity index is 3.99. The Morgan fingerprint density at radius 2 is 2.27 bits per heavy atom. The molecule has 0 aromatic rings. The summed E-state index contributed by atoms with van der Waals surface area (Å²) in [7, 11) is 0. The van der Waals surface area contributed by atoms with Crippen LogP contribution >= 0.6 is 0 Å². The molecule has 0 aliphatic carbocycles. The first-order valence-electron chi connectivity index (χ1n) is 3.18. The van der Waals surface area contributed by atoms with Crippen molar-refractivity contribution in [1.29, 1.82) is 0 Å². The minimum absolute atomic E-state index is 0.245. The first-order valence-corrected chi connectivity index (χ1v) is 3.18. The predicted molar refractivity (Wildman–Crippen MR) is 40.1 cm³/mol. The van der Waals surface area contributed by atoms with Crippen molar-refractivity contribution in [3.05, 3.63) is 12.7 Å². The SMILES string of the molecule is C=CC[C@H](NC(C)=O)C(=O)O. The summed E-state index contributed by atoms with van der Waals surface area (Å²) in [5.74, 6) is -1.39. The van der Waals surface area contributed by atoms with Crippen LogP contribution in [0.25, 0.3) is 0 Å². The normalized spacial score (nSPS) is 11.7. The summed E-state index contributed by atoms with van der Waals surface area (Å²) in [6.07, 6.45) is 1.70. The molecule has 11 heavy (non-hydrogen) atoms. The molecule has 0 saturated carbocycles. The topological polar surface area (TPSA) is 66.4 Å². The number of nitrogens with one attached hydrogen (secondary N) is 1. The Labute approximate surface area is 64.9 Å². The molecule has 2 N–H and O–H groups in total. The van der Waals surface area contributed by atoms with Gasteiger partial charge in [-0.2, -0.15) is 0 Å². The van der Waals surface area contributed by atoms with E-state index in [1.54, 1.807) is 0 Å². The zero-order valence-corrected chi connectivity index (χ0v) is 6.33. The zero-order valence-electron chi connectivity index (χ0n) is 6.33. The minimum Gasteiger partial charge on any atom is -0.480 e. The fourth-order valence-electron chi connectivity index (χ4n) is 0.634. The Hall–Kier alpha value is -1.32. The molecule has 0 aliphatic heterocycles. The smallest absolute Gasteiger partial charge is 0.326 e. The van der Waals surface area contributed by atoms with Crippen molar-refractivity contribution in [1.82, 2.24) is 5.32 Å². The Morgan fingerprint density at radius 3 is 2.55 bits per heavy atom. The number of aliphatic carboxylic acids is 1. The third kappa shape index (κ3) is 4.13. The third-order valence-electron chi connectivity index (χ3n) is 1.08. The number of rotatable bonds is 4. The highest BCUT2D eigenvalue weighted by atomic mass is 16.4. The summed E-state index contributed by atoms with van der Waals surface area (Å²) in [6.45, 7) is 4.65. The van der Waals surface area contributed by atoms with E-state index in [1.165, 1.54) is 13.0 Å². The first-order chi connectivity index (χ1) is 5.07. The van der Waals surface area contributed by atoms with Gasteiger partial charge in [-0.25, -0.2) is 4.79 Å². The van der Waals surface area contributed by atoms with E-state index in [0.29, 0.717) is 0 Å². The van der Waals surface area contributed by atoms with Crippen molar-refractivity contribution in [2.45, 2.75) is 19.4 Å². The van der Waals surface area contributed by atoms with Crippen LogP contribution in [0.3, 0.4) is 0 Å². The van der Waals surface area contributed by atoms with E-state index in [4.69, 9.17) is 5.11 Å². The number of carboxylic acid groups (broad SMARTS) is 1. The molecule has 0 aromatic carbocycles. The van der Waals surface area contributed by atoms with Crippen LogP contribution in [0, 0.1) is 0 Å². The van der Waals surface area contributed by atoms with Crippen LogP contribution in [0.15, 0.2) is 12.7 Å². The van der Waals surface area contributed by atoms with E-state index in [0.717, 1.165) is 0 Å². The maximum atomic E-state index is 10.4. The van der Waals surface area contributed by atoms with Crippen molar-refractivity contribution in [3.8, 4) is 0 Å². The lowest BCUT2D eigenvalue weighted by molar-refractivity contribution is -0.141. The van der Waals surface area contributed by atoms with Crippen LogP contribution in [0.4, 0.5) is 0 Å². The summed E-state index contributed by atoms with van der Waals surface area (Å²) >= 11 is 0. The predicted octanol–water partition coefficient (Wildman–Crippen LogP) is 0.152. The molecule has 4 nitrogen and oxygen atoms in total. The number of carbonyl (C=O) groups excluding carboxylic acids is 1. The zero-order chi connectivity index (χ0) is 8.85. The fourth-order valence-corrected chi connectivity index (χ4v) is 0.634. The monoisotopic (exact) mass is 157 g/mol. The lowest BCUT2D eigenvalue weighted by Crippen LogP contribution is -2.39. The third-order valence-corrected chi connectivity index (χ3v) is 1.08. The summed E-state index contributed by atoms with van der Waals surface area (Å²) in [5, 5.41) is 10.8. The molecule has 0 rings (SSSR count). The van der Waals surface area contributed by atoms with Crippen molar-refractivity contribution in [2.24, 2.45) is 0 Å². The molecular formula is C7H11NO3. The molecule has 0 saturated heterocycles. The van der Waals surface area contributed by atoms with Gasteiger partial charge in [-0.05, 0) is 6.42 Å². The van der Waals surface area contributed by atoms with Crippen molar-refractivity contribution in [3.63, 3.8) is 0 Å². The minimum atomic E-state index is -1.04. The van der Waals surface area contributed by atoms with Crippen LogP contribution in [-0.4, -0.2) is 23.0 Å². The van der Waals surface area contributed by atoms with E-state index >= 15 is 0 Å². The molecule has 0 radical (unpaired) electrons. The van der Waals surface area contributed by atoms with Crippen LogP contribution in [0.1, 0.15) is 13.3 Å². The number of amides is 1. The highest BCUT2D eigenvalue weighted by Gasteiger charge is 2.15. The molecule has 4 heteroatoms. The maximum Gasteiger partial charge on any atom is 0.326 e. The van der Waals surface area contributed by atoms with Crippen LogP contribution in [-0.2, 0) is 9.59 Å². The van der Waals surface area contributed by atoms with Gasteiger partial charge in [0.2, 0.25) is 5.91 Å². The number of hydrogen-bond donors (Lipinski definition) is 2. The molecule has 0 unspecified atom stereocenters. The molecular weight excluding hydrogens is 146 g/mol. The molecule has 1 amide bonds. The van der Waals surface area contributed by atoms with E-state index in [2.05, 4.69) is 11.9 Å². The molecule has 62 valence electrons. The van der Waals surface area contributed by atoms with Gasteiger partial charge in [0, 0.05) is 6.92 Å². The van der Waals surface area contributed by atoms with Gasteiger partial charge in [0.15, 0.2) is 0 Å². The largest absolute Gasteiger partial charge is 0.480 e. The molecule has 0 aliphatic rings. The van der Waals surface area contributed by atoms with Gasteiger partial charge in [0.25, 0.3) is 0 Å². The summed E-state index contributed by atoms with van der Waals surface area (Å²) in [5.41, 5.74) is 0. The lowest BCUT2D eigenvalue weighted by Gasteiger charge is -2.09. The number of carboxylic acids is 1. The van der Waals surface area contributed by atoms with Crippen LogP contribution in [0.2, 0.25) is 0 Å². The fraction of sp³-hybridized carbons (Fsp3) is 0.429. The van der Waals surface area contributed by atoms with Crippen molar-refractivity contribution < 1.29 is 14.7 Å². The molecule has 0 spiro atoms. The van der Waals surface area contributed by atoms with E-state index in [9.17, 15) is 9.59 Å². The quantitative estimate of drug-likeness (QED) is 0.571. The van der Waals surface area contributed by atoms with Gasteiger partial charge in [-0.15, -0.1) is 6.58 Å². The van der Waals surface area contributed by atoms with Crippen molar-refractivity contribution in [2.75, 3.05) is 0 Å². The summed E-state index contributed by atoms with van der Waals surface area (Å²) in [6, 6.07) is -0.843. The number of carbonyl (C=O) groups is 2. The summed E-state index contributed by atoms with van der Waals surface area (Å²) < 4.78 is 0. The van der Waals surface area contributed by atoms with Gasteiger partial charge in [-0.3, -0.25) is 4.79 Å². The first kappa shape index (κ1) is 9.68. The lowest BCUT2D eigenvalue weighted by atomic mass is 10.2. The van der Waals surface area contributed by atoms with E-state index < -0.39 is 12.0 Å². The second-order valence-corrected chi connectivity index (χ2v) is 2.12. The Bertz CT molecular complexity index is 177. The van der Waals surface area contributed by atoms with Gasteiger partial charge in [-0.1, -0.05) is 6.08 Å². The highest BCUT2D eigenvalue weighted by molar-refractivity contribution is 5.82. The molecule has 1 atom stereocenters. The number of hydrogen-bond acceptors (Lipinski definition) is 2. The second kappa shape index (κ2) is 4.49. The Kier molecular flexibility index (Phi) is 3.95. The van der Waals surface area contributed by atoms with E-state index in [1.807, 2.05) is 0 Å². The van der Waals surface area contributed by atoms with Gasteiger partial charge < -0.3 is 10.4 Å². The van der Waals surface area contributed by atoms with Crippen LogP contribution in [0.5, 0.6) is 0 Å². The van der Waals surface area contributed by atoms with Gasteiger partial charge in [0.05, 0.1) is 0 Å². The average molecular weight is 157 g/mol. The second-order valence-electron chi connectivity index (χ2n) is 2.12. The average Bonchev–Trinajstić information content (AvgIpc) is 1.86. The van der Waals surface area contributed by atoms with Crippen molar-refractivity contribution >= 4 is 11.9 Å². The highest BCUT2D eigenvalue weighted by Crippen LogP contribution is 1.92. The standard InChI is InChI=1S/C7H11NO3/c1-3-4-6(7(10)11)8-5(2)9/h3,6H,1,4H2,2H3,(H,8,9)(H,10,11)/t6-/m0/s1.